The Morgan fingerprint density at radius 3 is 1.24 bits per heavy atom. The number of carbonyl (C=O) groups excluding carboxylic acids is 5. The van der Waals surface area contributed by atoms with Crippen molar-refractivity contribution in [1.29, 1.82) is 0 Å². The average molecular weight is 930 g/mol. The monoisotopic (exact) mass is 929 g/mol. The van der Waals surface area contributed by atoms with Crippen molar-refractivity contribution in [2.24, 2.45) is 23.7 Å². The molecule has 382 valence electrons. The summed E-state index contributed by atoms with van der Waals surface area (Å²) in [6.45, 7) is 42.1. The number of rotatable bonds is 27. The molecule has 0 bridgehead atoms. The summed E-state index contributed by atoms with van der Waals surface area (Å²) in [6, 6.07) is 0. The quantitative estimate of drug-likeness (QED) is 0.0355. The van der Waals surface area contributed by atoms with Crippen LogP contribution in [0.25, 0.3) is 0 Å². The highest BCUT2D eigenvalue weighted by atomic mass is 16.1. The maximum atomic E-state index is 10.6. The second-order valence-corrected chi connectivity index (χ2v) is 19.7. The van der Waals surface area contributed by atoms with Gasteiger partial charge in [0.1, 0.15) is 31.4 Å². The smallest absolute Gasteiger partial charge is 0.145 e. The maximum absolute atomic E-state index is 10.6. The molecule has 0 spiro atoms. The molecule has 0 aliphatic rings. The van der Waals surface area contributed by atoms with E-state index >= 15 is 0 Å². The Kier molecular flexibility index (Phi) is 53.2. The van der Waals surface area contributed by atoms with Gasteiger partial charge >= 0.3 is 0 Å². The van der Waals surface area contributed by atoms with Crippen LogP contribution in [0, 0.1) is 23.7 Å². The number of allylic oxidation sites excluding steroid dienone is 20. The van der Waals surface area contributed by atoms with Crippen molar-refractivity contribution < 1.29 is 24.0 Å². The van der Waals surface area contributed by atoms with Crippen LogP contribution < -0.4 is 0 Å². The Labute approximate surface area is 415 Å². The predicted molar refractivity (Wildman–Crippen MR) is 298 cm³/mol. The molecule has 0 fully saturated rings. The van der Waals surface area contributed by atoms with E-state index in [1.54, 1.807) is 24.3 Å². The van der Waals surface area contributed by atoms with Gasteiger partial charge in [0.25, 0.3) is 0 Å². The van der Waals surface area contributed by atoms with Crippen molar-refractivity contribution in [2.45, 2.75) is 222 Å². The molecule has 0 saturated carbocycles. The van der Waals surface area contributed by atoms with Crippen LogP contribution in [0.1, 0.15) is 222 Å². The number of unbranched alkanes of at least 4 members (excludes halogenated alkanes) is 2. The van der Waals surface area contributed by atoms with Crippen LogP contribution in [0.2, 0.25) is 0 Å². The molecule has 0 N–H and O–H groups in total. The van der Waals surface area contributed by atoms with Gasteiger partial charge in [-0.15, -0.1) is 0 Å². The van der Waals surface area contributed by atoms with Crippen molar-refractivity contribution >= 4 is 31.4 Å². The highest BCUT2D eigenvalue weighted by Crippen LogP contribution is 2.24. The first-order valence-electron chi connectivity index (χ1n) is 25.3. The normalized spacial score (nSPS) is 12.9. The van der Waals surface area contributed by atoms with Gasteiger partial charge in [-0.25, -0.2) is 0 Å². The summed E-state index contributed by atoms with van der Waals surface area (Å²) in [4.78, 5) is 51.8. The van der Waals surface area contributed by atoms with E-state index < -0.39 is 0 Å². The Morgan fingerprint density at radius 2 is 0.866 bits per heavy atom. The summed E-state index contributed by atoms with van der Waals surface area (Å²) in [5.41, 5.74) is 13.7. The number of hydrogen-bond acceptors (Lipinski definition) is 5. The van der Waals surface area contributed by atoms with Crippen LogP contribution in [0.15, 0.2) is 116 Å². The first kappa shape index (κ1) is 71.7. The largest absolute Gasteiger partial charge is 0.299 e. The molecule has 0 aromatic heterocycles. The van der Waals surface area contributed by atoms with Gasteiger partial charge in [-0.05, 0) is 214 Å². The third-order valence-corrected chi connectivity index (χ3v) is 10.7. The first-order chi connectivity index (χ1) is 31.4. The molecule has 3 unspecified atom stereocenters. The molecule has 0 aromatic rings. The van der Waals surface area contributed by atoms with Gasteiger partial charge < -0.3 is 0 Å². The van der Waals surface area contributed by atoms with Crippen LogP contribution in [-0.4, -0.2) is 31.4 Å². The molecular weight excluding hydrogens is 825 g/mol. The summed E-state index contributed by atoms with van der Waals surface area (Å²) in [7, 11) is 0. The third kappa shape index (κ3) is 56.0. The second kappa shape index (κ2) is 49.6. The summed E-state index contributed by atoms with van der Waals surface area (Å²) < 4.78 is 0. The molecule has 0 amide bonds. The Morgan fingerprint density at radius 1 is 0.448 bits per heavy atom. The van der Waals surface area contributed by atoms with E-state index in [1.807, 2.05) is 20.8 Å². The molecule has 0 aromatic carbocycles. The Hall–Kier alpha value is -4.25. The molecule has 67 heavy (non-hydrogen) atoms. The Bertz CT molecular complexity index is 1640. The fourth-order valence-electron chi connectivity index (χ4n) is 6.81. The summed E-state index contributed by atoms with van der Waals surface area (Å²) in [6.07, 6.45) is 36.4. The first-order valence-corrected chi connectivity index (χ1v) is 25.3. The van der Waals surface area contributed by atoms with Crippen molar-refractivity contribution in [3.63, 3.8) is 0 Å². The summed E-state index contributed by atoms with van der Waals surface area (Å²) >= 11 is 0. The van der Waals surface area contributed by atoms with E-state index in [2.05, 4.69) is 148 Å². The van der Waals surface area contributed by atoms with E-state index in [-0.39, 0.29) is 0 Å². The van der Waals surface area contributed by atoms with Gasteiger partial charge in [-0.2, -0.15) is 0 Å². The van der Waals surface area contributed by atoms with Gasteiger partial charge in [0.05, 0.1) is 0 Å². The highest BCUT2D eigenvalue weighted by molar-refractivity contribution is 5.73. The summed E-state index contributed by atoms with van der Waals surface area (Å²) in [5, 5.41) is 0. The molecule has 5 heteroatoms. The minimum atomic E-state index is 0.440. The average Bonchev–Trinajstić information content (AvgIpc) is 3.22. The standard InChI is InChI=1S/C14H24O.2C13H22O.2C11H18O/c1-4-5-6-9-14(11-12-15)10-7-8-13(2)3;1-9(2)7-10(3)12(5)13(6)11(4)8-14;1-11(2)6-5-7-13(8-9-14)10-12(3)4;1-9(2)7-11(4)8-10(3)5-6-12;1-4-11(8-9-12)7-5-6-10(2)3/h8,11-12H,4-7,9-10H2,1-3H3;7-8,10,12H,1-6H3;6,8-9,12H,5,7,10H2,1-4H3;5-7,11H,8H2,1-4H3;6,8-9H,4-5,7H2,1-3H3. The predicted octanol–water partition coefficient (Wildman–Crippen LogP) is 18.5. The van der Waals surface area contributed by atoms with Crippen molar-refractivity contribution in [3.05, 3.63) is 116 Å². The van der Waals surface area contributed by atoms with E-state index in [0.717, 1.165) is 107 Å². The minimum absolute atomic E-state index is 0.440. The topological polar surface area (TPSA) is 85.3 Å². The van der Waals surface area contributed by atoms with E-state index in [0.29, 0.717) is 23.7 Å². The SMILES string of the molecule is CC(C)=CC(C)C(C)C(C)=C(C)C=O.CC(C)=CC(C)CC(C)=CC=O.CC(C)=CCCC(=CC=O)CC(C)C.CCC(=CC=O)CCC=C(C)C.CCCCCC(=CC=O)CCC=C(C)C. The van der Waals surface area contributed by atoms with E-state index in [1.165, 1.54) is 69.4 Å². The molecule has 0 aliphatic carbocycles. The zero-order valence-corrected chi connectivity index (χ0v) is 47.1. The van der Waals surface area contributed by atoms with Crippen LogP contribution >= 0.6 is 0 Å². The minimum Gasteiger partial charge on any atom is -0.299 e. The third-order valence-electron chi connectivity index (χ3n) is 10.7. The fraction of sp³-hybridized carbons (Fsp3) is 0.597. The van der Waals surface area contributed by atoms with Crippen LogP contribution in [0.3, 0.4) is 0 Å². The van der Waals surface area contributed by atoms with Gasteiger partial charge in [0.15, 0.2) is 0 Å². The van der Waals surface area contributed by atoms with E-state index in [9.17, 15) is 24.0 Å². The zero-order valence-electron chi connectivity index (χ0n) is 47.1. The van der Waals surface area contributed by atoms with Crippen molar-refractivity contribution in [1.82, 2.24) is 0 Å². The lowest BCUT2D eigenvalue weighted by molar-refractivity contribution is -0.105. The molecule has 0 heterocycles. The zero-order chi connectivity index (χ0) is 52.8. The molecule has 0 aliphatic heterocycles. The van der Waals surface area contributed by atoms with Crippen molar-refractivity contribution in [3.8, 4) is 0 Å². The van der Waals surface area contributed by atoms with Gasteiger partial charge in [0.2, 0.25) is 0 Å². The lowest BCUT2D eigenvalue weighted by Gasteiger charge is -2.19. The van der Waals surface area contributed by atoms with Crippen LogP contribution in [0.4, 0.5) is 0 Å². The van der Waals surface area contributed by atoms with Crippen LogP contribution in [-0.2, 0) is 24.0 Å². The molecule has 5 nitrogen and oxygen atoms in total. The van der Waals surface area contributed by atoms with Gasteiger partial charge in [-0.3, -0.25) is 24.0 Å². The number of carbonyl (C=O) groups is 5. The van der Waals surface area contributed by atoms with Gasteiger partial charge in [0, 0.05) is 0 Å². The van der Waals surface area contributed by atoms with Gasteiger partial charge in [-0.1, -0.05) is 147 Å². The lowest BCUT2D eigenvalue weighted by Crippen LogP contribution is -2.09. The highest BCUT2D eigenvalue weighted by Gasteiger charge is 2.13. The van der Waals surface area contributed by atoms with E-state index in [4.69, 9.17) is 0 Å². The number of aldehydes is 5. The second-order valence-electron chi connectivity index (χ2n) is 19.7. The van der Waals surface area contributed by atoms with Crippen molar-refractivity contribution in [2.75, 3.05) is 0 Å². The molecule has 0 saturated heterocycles. The lowest BCUT2D eigenvalue weighted by atomic mass is 9.86. The molecular formula is C62H104O5. The Balaban J connectivity index is -0.000000240. The molecule has 3 atom stereocenters. The fourth-order valence-corrected chi connectivity index (χ4v) is 6.81. The van der Waals surface area contributed by atoms with Crippen LogP contribution in [0.5, 0.6) is 0 Å². The maximum Gasteiger partial charge on any atom is 0.145 e. The molecule has 0 radical (unpaired) electrons. The number of hydrogen-bond donors (Lipinski definition) is 0. The summed E-state index contributed by atoms with van der Waals surface area (Å²) in [5.74, 6) is 2.10. The molecule has 0 rings (SSSR count).